The van der Waals surface area contributed by atoms with Crippen LogP contribution in [0.2, 0.25) is 0 Å². The SMILES string of the molecule is CC(C)CC1(C(=O)NC2CCNCC2C)CCC1.Cl. The highest BCUT2D eigenvalue weighted by atomic mass is 35.5. The Labute approximate surface area is 123 Å². The molecule has 1 aliphatic carbocycles. The highest BCUT2D eigenvalue weighted by molar-refractivity contribution is 5.85. The molecule has 1 amide bonds. The summed E-state index contributed by atoms with van der Waals surface area (Å²) >= 11 is 0. The van der Waals surface area contributed by atoms with Crippen LogP contribution in [0.4, 0.5) is 0 Å². The summed E-state index contributed by atoms with van der Waals surface area (Å²) in [4.78, 5) is 12.6. The fourth-order valence-electron chi connectivity index (χ4n) is 3.46. The smallest absolute Gasteiger partial charge is 0.226 e. The van der Waals surface area contributed by atoms with Crippen molar-refractivity contribution < 1.29 is 4.79 Å². The van der Waals surface area contributed by atoms with Crippen LogP contribution in [-0.2, 0) is 4.79 Å². The molecule has 19 heavy (non-hydrogen) atoms. The number of amides is 1. The summed E-state index contributed by atoms with van der Waals surface area (Å²) in [5.74, 6) is 1.50. The number of piperidine rings is 1. The van der Waals surface area contributed by atoms with E-state index >= 15 is 0 Å². The zero-order valence-electron chi connectivity index (χ0n) is 12.5. The molecule has 3 nitrogen and oxygen atoms in total. The third-order valence-corrected chi connectivity index (χ3v) is 4.69. The third-order valence-electron chi connectivity index (χ3n) is 4.69. The standard InChI is InChI=1S/C15H28N2O.ClH/c1-11(2)9-15(6-4-7-15)14(18)17-13-5-8-16-10-12(13)3;/h11-13,16H,4-10H2,1-3H3,(H,17,18);1H. The van der Waals surface area contributed by atoms with Crippen molar-refractivity contribution in [1.82, 2.24) is 10.6 Å². The van der Waals surface area contributed by atoms with E-state index in [9.17, 15) is 4.79 Å². The van der Waals surface area contributed by atoms with Crippen molar-refractivity contribution in [3.8, 4) is 0 Å². The molecular weight excluding hydrogens is 260 g/mol. The molecule has 2 aliphatic rings. The van der Waals surface area contributed by atoms with Gasteiger partial charge in [0.15, 0.2) is 0 Å². The lowest BCUT2D eigenvalue weighted by Crippen LogP contribution is -2.54. The summed E-state index contributed by atoms with van der Waals surface area (Å²) in [7, 11) is 0. The summed E-state index contributed by atoms with van der Waals surface area (Å²) in [5.41, 5.74) is -0.0290. The van der Waals surface area contributed by atoms with Crippen molar-refractivity contribution in [2.45, 2.75) is 58.9 Å². The van der Waals surface area contributed by atoms with Crippen LogP contribution in [0, 0.1) is 17.3 Å². The minimum atomic E-state index is -0.0290. The van der Waals surface area contributed by atoms with Gasteiger partial charge in [-0.3, -0.25) is 4.79 Å². The average molecular weight is 289 g/mol. The van der Waals surface area contributed by atoms with Crippen LogP contribution >= 0.6 is 12.4 Å². The van der Waals surface area contributed by atoms with Gasteiger partial charge in [0.2, 0.25) is 5.91 Å². The second-order valence-corrected chi connectivity index (χ2v) is 6.78. The van der Waals surface area contributed by atoms with Gasteiger partial charge in [0.1, 0.15) is 0 Å². The zero-order valence-corrected chi connectivity index (χ0v) is 13.3. The normalized spacial score (nSPS) is 29.3. The van der Waals surface area contributed by atoms with E-state index in [1.165, 1.54) is 6.42 Å². The van der Waals surface area contributed by atoms with Gasteiger partial charge in [-0.15, -0.1) is 12.4 Å². The van der Waals surface area contributed by atoms with Gasteiger partial charge in [0.05, 0.1) is 0 Å². The summed E-state index contributed by atoms with van der Waals surface area (Å²) in [6, 6.07) is 0.378. The Bertz CT molecular complexity index is 303. The van der Waals surface area contributed by atoms with E-state index in [0.717, 1.165) is 38.8 Å². The van der Waals surface area contributed by atoms with Crippen LogP contribution in [-0.4, -0.2) is 25.0 Å². The van der Waals surface area contributed by atoms with Crippen molar-refractivity contribution >= 4 is 18.3 Å². The minimum absolute atomic E-state index is 0. The molecule has 1 aliphatic heterocycles. The van der Waals surface area contributed by atoms with Crippen LogP contribution in [0.5, 0.6) is 0 Å². The summed E-state index contributed by atoms with van der Waals surface area (Å²) in [5, 5.41) is 6.72. The topological polar surface area (TPSA) is 41.1 Å². The third kappa shape index (κ3) is 3.85. The Kier molecular flexibility index (Phi) is 6.13. The maximum atomic E-state index is 12.6. The van der Waals surface area contributed by atoms with Gasteiger partial charge in [0.25, 0.3) is 0 Å². The predicted molar refractivity (Wildman–Crippen MR) is 81.6 cm³/mol. The summed E-state index contributed by atoms with van der Waals surface area (Å²) in [6.07, 6.45) is 5.54. The highest BCUT2D eigenvalue weighted by Crippen LogP contribution is 2.46. The van der Waals surface area contributed by atoms with Crippen LogP contribution < -0.4 is 10.6 Å². The fourth-order valence-corrected chi connectivity index (χ4v) is 3.46. The molecule has 2 N–H and O–H groups in total. The highest BCUT2D eigenvalue weighted by Gasteiger charge is 2.45. The molecule has 1 heterocycles. The number of hydrogen-bond donors (Lipinski definition) is 2. The number of carbonyl (C=O) groups is 1. The number of nitrogens with one attached hydrogen (secondary N) is 2. The molecule has 1 saturated carbocycles. The van der Waals surface area contributed by atoms with Crippen molar-refractivity contribution in [3.63, 3.8) is 0 Å². The molecule has 112 valence electrons. The Hall–Kier alpha value is -0.280. The van der Waals surface area contributed by atoms with Crippen molar-refractivity contribution in [2.75, 3.05) is 13.1 Å². The zero-order chi connectivity index (χ0) is 13.2. The summed E-state index contributed by atoms with van der Waals surface area (Å²) in [6.45, 7) is 8.74. The van der Waals surface area contributed by atoms with Gasteiger partial charge in [0, 0.05) is 11.5 Å². The first-order chi connectivity index (χ1) is 8.53. The van der Waals surface area contributed by atoms with Gasteiger partial charge < -0.3 is 10.6 Å². The molecule has 0 aromatic carbocycles. The molecule has 2 unspecified atom stereocenters. The first kappa shape index (κ1) is 16.8. The van der Waals surface area contributed by atoms with E-state index in [0.29, 0.717) is 23.8 Å². The van der Waals surface area contributed by atoms with Crippen molar-refractivity contribution in [3.05, 3.63) is 0 Å². The molecule has 2 fully saturated rings. The van der Waals surface area contributed by atoms with Gasteiger partial charge in [-0.25, -0.2) is 0 Å². The van der Waals surface area contributed by atoms with Gasteiger partial charge in [-0.2, -0.15) is 0 Å². The molecule has 2 atom stereocenters. The maximum Gasteiger partial charge on any atom is 0.226 e. The number of rotatable bonds is 4. The number of halogens is 1. The number of hydrogen-bond acceptors (Lipinski definition) is 2. The maximum absolute atomic E-state index is 12.6. The molecule has 4 heteroatoms. The molecule has 0 spiro atoms. The van der Waals surface area contributed by atoms with Crippen LogP contribution in [0.3, 0.4) is 0 Å². The lowest BCUT2D eigenvalue weighted by Gasteiger charge is -2.43. The monoisotopic (exact) mass is 288 g/mol. The molecule has 0 aromatic heterocycles. The lowest BCUT2D eigenvalue weighted by molar-refractivity contribution is -0.138. The van der Waals surface area contributed by atoms with E-state index in [2.05, 4.69) is 31.4 Å². The Balaban J connectivity index is 0.00000180. The van der Waals surface area contributed by atoms with E-state index in [1.54, 1.807) is 0 Å². The summed E-state index contributed by atoms with van der Waals surface area (Å²) < 4.78 is 0. The Morgan fingerprint density at radius 2 is 2.11 bits per heavy atom. The first-order valence-corrected chi connectivity index (χ1v) is 7.55. The molecular formula is C15H29ClN2O. The van der Waals surface area contributed by atoms with E-state index in [4.69, 9.17) is 0 Å². The quantitative estimate of drug-likeness (QED) is 0.835. The molecule has 0 bridgehead atoms. The van der Waals surface area contributed by atoms with E-state index < -0.39 is 0 Å². The largest absolute Gasteiger partial charge is 0.353 e. The van der Waals surface area contributed by atoms with Crippen molar-refractivity contribution in [2.24, 2.45) is 17.3 Å². The predicted octanol–water partition coefficient (Wildman–Crippen LogP) is 2.74. The molecule has 2 rings (SSSR count). The van der Waals surface area contributed by atoms with Crippen LogP contribution in [0.1, 0.15) is 52.9 Å². The second-order valence-electron chi connectivity index (χ2n) is 6.78. The van der Waals surface area contributed by atoms with E-state index in [1.807, 2.05) is 0 Å². The second kappa shape index (κ2) is 6.94. The van der Waals surface area contributed by atoms with Gasteiger partial charge >= 0.3 is 0 Å². The molecule has 1 saturated heterocycles. The lowest BCUT2D eigenvalue weighted by atomic mass is 9.63. The Morgan fingerprint density at radius 3 is 2.58 bits per heavy atom. The van der Waals surface area contributed by atoms with Crippen LogP contribution in [0.15, 0.2) is 0 Å². The number of carbonyl (C=O) groups excluding carboxylic acids is 1. The van der Waals surface area contributed by atoms with Gasteiger partial charge in [-0.1, -0.05) is 27.2 Å². The molecule has 0 radical (unpaired) electrons. The fraction of sp³-hybridized carbons (Fsp3) is 0.933. The van der Waals surface area contributed by atoms with Gasteiger partial charge in [-0.05, 0) is 50.6 Å². The van der Waals surface area contributed by atoms with Crippen LogP contribution in [0.25, 0.3) is 0 Å². The first-order valence-electron chi connectivity index (χ1n) is 7.55. The Morgan fingerprint density at radius 1 is 1.42 bits per heavy atom. The average Bonchev–Trinajstić information content (AvgIpc) is 2.26. The minimum Gasteiger partial charge on any atom is -0.353 e. The molecule has 0 aromatic rings. The van der Waals surface area contributed by atoms with E-state index in [-0.39, 0.29) is 17.8 Å². The van der Waals surface area contributed by atoms with Crippen molar-refractivity contribution in [1.29, 1.82) is 0 Å².